The van der Waals surface area contributed by atoms with Crippen LogP contribution in [0, 0.1) is 5.92 Å². The van der Waals surface area contributed by atoms with Gasteiger partial charge in [-0.1, -0.05) is 36.4 Å². The summed E-state index contributed by atoms with van der Waals surface area (Å²) in [6.45, 7) is 4.83. The van der Waals surface area contributed by atoms with Crippen LogP contribution in [0.2, 0.25) is 0 Å². The van der Waals surface area contributed by atoms with E-state index in [1.165, 1.54) is 11.1 Å². The van der Waals surface area contributed by atoms with Gasteiger partial charge in [0.25, 0.3) is 0 Å². The Morgan fingerprint density at radius 1 is 1.04 bits per heavy atom. The number of hydrogen-bond acceptors (Lipinski definition) is 4. The van der Waals surface area contributed by atoms with Crippen LogP contribution < -0.4 is 0 Å². The molecule has 27 heavy (non-hydrogen) atoms. The standard InChI is InChI=1S/C22H27N3O2/c26-22(9-8-18-5-2-1-3-6-18)25-14-20-13-24(21(15-25)17-27-16-20)12-19-7-4-10-23-11-19/h1-7,10-11,20-21H,8-9,12-17H2/t20-,21+/m1/s1. The second kappa shape index (κ2) is 8.63. The first-order valence-corrected chi connectivity index (χ1v) is 9.80. The molecule has 2 bridgehead atoms. The second-order valence-electron chi connectivity index (χ2n) is 7.63. The van der Waals surface area contributed by atoms with Crippen molar-refractivity contribution in [2.75, 3.05) is 32.8 Å². The minimum atomic E-state index is 0.249. The maximum Gasteiger partial charge on any atom is 0.222 e. The number of rotatable bonds is 5. The van der Waals surface area contributed by atoms with Gasteiger partial charge in [0.05, 0.1) is 19.3 Å². The third-order valence-corrected chi connectivity index (χ3v) is 5.51. The summed E-state index contributed by atoms with van der Waals surface area (Å²) in [7, 11) is 0. The van der Waals surface area contributed by atoms with Gasteiger partial charge in [-0.2, -0.15) is 0 Å². The highest BCUT2D eigenvalue weighted by molar-refractivity contribution is 5.76. The van der Waals surface area contributed by atoms with E-state index in [9.17, 15) is 4.79 Å². The molecule has 4 rings (SSSR count). The van der Waals surface area contributed by atoms with E-state index in [2.05, 4.69) is 33.0 Å². The minimum absolute atomic E-state index is 0.249. The van der Waals surface area contributed by atoms with Crippen LogP contribution in [0.4, 0.5) is 0 Å². The number of aryl methyl sites for hydroxylation is 1. The van der Waals surface area contributed by atoms with Crippen molar-refractivity contribution in [2.45, 2.75) is 25.4 Å². The summed E-state index contributed by atoms with van der Waals surface area (Å²) >= 11 is 0. The molecule has 142 valence electrons. The Bertz CT molecular complexity index is 738. The number of benzene rings is 1. The van der Waals surface area contributed by atoms with Gasteiger partial charge in [-0.15, -0.1) is 0 Å². The summed E-state index contributed by atoms with van der Waals surface area (Å²) in [6, 6.07) is 14.6. The van der Waals surface area contributed by atoms with Crippen molar-refractivity contribution >= 4 is 5.91 Å². The lowest BCUT2D eigenvalue weighted by Crippen LogP contribution is -2.45. The molecule has 1 aromatic heterocycles. The number of ether oxygens (including phenoxy) is 1. The third kappa shape index (κ3) is 4.73. The Kier molecular flexibility index (Phi) is 5.80. The van der Waals surface area contributed by atoms with Crippen LogP contribution in [0.1, 0.15) is 17.5 Å². The highest BCUT2D eigenvalue weighted by atomic mass is 16.5. The van der Waals surface area contributed by atoms with Crippen molar-refractivity contribution in [3.05, 3.63) is 66.0 Å². The number of fused-ring (bicyclic) bond motifs is 3. The summed E-state index contributed by atoms with van der Waals surface area (Å²) in [4.78, 5) is 21.7. The molecule has 5 nitrogen and oxygen atoms in total. The topological polar surface area (TPSA) is 45.7 Å². The maximum atomic E-state index is 12.9. The average molecular weight is 365 g/mol. The number of carbonyl (C=O) groups excluding carboxylic acids is 1. The molecule has 2 fully saturated rings. The normalized spacial score (nSPS) is 23.0. The highest BCUT2D eigenvalue weighted by Crippen LogP contribution is 2.22. The molecule has 2 aromatic rings. The lowest BCUT2D eigenvalue weighted by molar-refractivity contribution is -0.133. The molecule has 0 spiro atoms. The zero-order valence-electron chi connectivity index (χ0n) is 15.7. The molecule has 2 saturated heterocycles. The quantitative estimate of drug-likeness (QED) is 0.816. The van der Waals surface area contributed by atoms with Crippen molar-refractivity contribution in [3.8, 4) is 0 Å². The summed E-state index contributed by atoms with van der Waals surface area (Å²) in [5.41, 5.74) is 2.44. The van der Waals surface area contributed by atoms with Crippen LogP contribution in [0.3, 0.4) is 0 Å². The van der Waals surface area contributed by atoms with Crippen molar-refractivity contribution in [3.63, 3.8) is 0 Å². The molecule has 5 heteroatoms. The summed E-state index contributed by atoms with van der Waals surface area (Å²) < 4.78 is 5.89. The highest BCUT2D eigenvalue weighted by Gasteiger charge is 2.34. The molecule has 2 aliphatic rings. The van der Waals surface area contributed by atoms with Gasteiger partial charge >= 0.3 is 0 Å². The summed E-state index contributed by atoms with van der Waals surface area (Å²) in [6.07, 6.45) is 5.12. The first-order valence-electron chi connectivity index (χ1n) is 9.80. The van der Waals surface area contributed by atoms with E-state index in [1.54, 1.807) is 6.20 Å². The SMILES string of the molecule is O=C(CCc1ccccc1)N1C[C@@H]2COC[C@H](C1)N(Cc1cccnc1)C2. The predicted molar refractivity (Wildman–Crippen MR) is 104 cm³/mol. The van der Waals surface area contributed by atoms with Gasteiger partial charge in [0.2, 0.25) is 5.91 Å². The van der Waals surface area contributed by atoms with E-state index in [0.29, 0.717) is 18.9 Å². The van der Waals surface area contributed by atoms with Crippen LogP contribution in [0.15, 0.2) is 54.9 Å². The zero-order chi connectivity index (χ0) is 18.5. The first kappa shape index (κ1) is 18.1. The molecule has 1 amide bonds. The molecule has 2 atom stereocenters. The number of carbonyl (C=O) groups is 1. The van der Waals surface area contributed by atoms with E-state index in [-0.39, 0.29) is 11.9 Å². The van der Waals surface area contributed by atoms with Gasteiger partial charge in [0.15, 0.2) is 0 Å². The van der Waals surface area contributed by atoms with Gasteiger partial charge in [-0.05, 0) is 23.6 Å². The average Bonchev–Trinajstić information content (AvgIpc) is 2.98. The number of nitrogens with zero attached hydrogens (tertiary/aromatic N) is 3. The minimum Gasteiger partial charge on any atom is -0.379 e. The second-order valence-corrected chi connectivity index (χ2v) is 7.63. The molecule has 0 radical (unpaired) electrons. The number of hydrogen-bond donors (Lipinski definition) is 0. The van der Waals surface area contributed by atoms with Gasteiger partial charge in [0, 0.05) is 50.9 Å². The summed E-state index contributed by atoms with van der Waals surface area (Å²) in [5, 5.41) is 0. The molecular weight excluding hydrogens is 338 g/mol. The van der Waals surface area contributed by atoms with Gasteiger partial charge in [-0.3, -0.25) is 14.7 Å². The van der Waals surface area contributed by atoms with Crippen LogP contribution in [-0.4, -0.2) is 59.6 Å². The van der Waals surface area contributed by atoms with Crippen LogP contribution in [0.5, 0.6) is 0 Å². The number of pyridine rings is 1. The van der Waals surface area contributed by atoms with E-state index in [4.69, 9.17) is 4.74 Å². The van der Waals surface area contributed by atoms with E-state index in [1.807, 2.05) is 30.5 Å². The molecule has 3 heterocycles. The van der Waals surface area contributed by atoms with Crippen LogP contribution >= 0.6 is 0 Å². The Morgan fingerprint density at radius 3 is 2.70 bits per heavy atom. The van der Waals surface area contributed by atoms with Gasteiger partial charge in [-0.25, -0.2) is 0 Å². The van der Waals surface area contributed by atoms with E-state index >= 15 is 0 Å². The largest absolute Gasteiger partial charge is 0.379 e. The summed E-state index contributed by atoms with van der Waals surface area (Å²) in [5.74, 6) is 0.633. The predicted octanol–water partition coefficient (Wildman–Crippen LogP) is 2.37. The van der Waals surface area contributed by atoms with Crippen molar-refractivity contribution in [1.29, 1.82) is 0 Å². The smallest absolute Gasteiger partial charge is 0.222 e. The number of amides is 1. The zero-order valence-corrected chi connectivity index (χ0v) is 15.7. The molecule has 2 aliphatic heterocycles. The Balaban J connectivity index is 1.40. The molecule has 1 aromatic carbocycles. The fourth-order valence-corrected chi connectivity index (χ4v) is 4.11. The van der Waals surface area contributed by atoms with Crippen LogP contribution in [-0.2, 0) is 22.5 Å². The monoisotopic (exact) mass is 365 g/mol. The van der Waals surface area contributed by atoms with E-state index in [0.717, 1.165) is 39.2 Å². The molecule has 0 unspecified atom stereocenters. The van der Waals surface area contributed by atoms with Crippen molar-refractivity contribution in [1.82, 2.24) is 14.8 Å². The first-order chi connectivity index (χ1) is 13.3. The molecular formula is C22H27N3O2. The maximum absolute atomic E-state index is 12.9. The van der Waals surface area contributed by atoms with Crippen LogP contribution in [0.25, 0.3) is 0 Å². The molecule has 0 aliphatic carbocycles. The molecule has 0 saturated carbocycles. The van der Waals surface area contributed by atoms with Gasteiger partial charge < -0.3 is 9.64 Å². The molecule has 0 N–H and O–H groups in total. The fourth-order valence-electron chi connectivity index (χ4n) is 4.11. The van der Waals surface area contributed by atoms with E-state index < -0.39 is 0 Å². The van der Waals surface area contributed by atoms with Gasteiger partial charge in [0.1, 0.15) is 0 Å². The van der Waals surface area contributed by atoms with Crippen molar-refractivity contribution in [2.24, 2.45) is 5.92 Å². The number of aromatic nitrogens is 1. The van der Waals surface area contributed by atoms with Crippen molar-refractivity contribution < 1.29 is 9.53 Å². The third-order valence-electron chi connectivity index (χ3n) is 5.51. The Morgan fingerprint density at radius 2 is 1.89 bits per heavy atom. The lowest BCUT2D eigenvalue weighted by Gasteiger charge is -2.31. The fraction of sp³-hybridized carbons (Fsp3) is 0.455. The lowest BCUT2D eigenvalue weighted by atomic mass is 10.1. The Hall–Kier alpha value is -2.24. The Labute approximate surface area is 161 Å².